The maximum absolute atomic E-state index is 4.06. The van der Waals surface area contributed by atoms with E-state index in [2.05, 4.69) is 27.2 Å². The average Bonchev–Trinajstić information content (AvgIpc) is 2.65. The molecule has 0 aliphatic carbocycles. The van der Waals surface area contributed by atoms with Crippen LogP contribution in [0.3, 0.4) is 0 Å². The summed E-state index contributed by atoms with van der Waals surface area (Å²) >= 11 is 0. The highest BCUT2D eigenvalue weighted by atomic mass is 15.4. The summed E-state index contributed by atoms with van der Waals surface area (Å²) in [6.07, 6.45) is 5.56. The van der Waals surface area contributed by atoms with Crippen molar-refractivity contribution in [2.75, 3.05) is 7.05 Å². The Kier molecular flexibility index (Phi) is 3.26. The molecule has 0 saturated carbocycles. The van der Waals surface area contributed by atoms with Crippen molar-refractivity contribution in [3.8, 4) is 0 Å². The Morgan fingerprint density at radius 2 is 2.00 bits per heavy atom. The minimum atomic E-state index is 0.802. The third-order valence-electron chi connectivity index (χ3n) is 2.28. The van der Waals surface area contributed by atoms with Crippen molar-refractivity contribution in [2.45, 2.75) is 13.1 Å². The van der Waals surface area contributed by atoms with E-state index in [-0.39, 0.29) is 0 Å². The van der Waals surface area contributed by atoms with Crippen molar-refractivity contribution in [2.24, 2.45) is 7.05 Å². The lowest BCUT2D eigenvalue weighted by Crippen LogP contribution is -2.17. The van der Waals surface area contributed by atoms with Gasteiger partial charge in [-0.2, -0.15) is 0 Å². The molecule has 0 fully saturated rings. The number of hydrogen-bond donors (Lipinski definition) is 0. The van der Waals surface area contributed by atoms with Crippen LogP contribution in [-0.2, 0) is 20.1 Å². The fourth-order valence-corrected chi connectivity index (χ4v) is 1.60. The minimum absolute atomic E-state index is 0.802. The fraction of sp³-hybridized carbons (Fsp3) is 0.364. The zero-order valence-corrected chi connectivity index (χ0v) is 9.54. The summed E-state index contributed by atoms with van der Waals surface area (Å²) in [6, 6.07) is 4.04. The normalized spacial score (nSPS) is 10.9. The SMILES string of the molecule is CN(Cc1ccncc1)Cc1cn(C)nn1. The molecule has 5 heteroatoms. The highest BCUT2D eigenvalue weighted by Crippen LogP contribution is 2.04. The average molecular weight is 217 g/mol. The Morgan fingerprint density at radius 1 is 1.25 bits per heavy atom. The van der Waals surface area contributed by atoms with Crippen LogP contribution < -0.4 is 0 Å². The van der Waals surface area contributed by atoms with Crippen molar-refractivity contribution in [3.63, 3.8) is 0 Å². The van der Waals surface area contributed by atoms with Crippen molar-refractivity contribution in [3.05, 3.63) is 42.0 Å². The second kappa shape index (κ2) is 4.85. The van der Waals surface area contributed by atoms with Gasteiger partial charge in [0.15, 0.2) is 0 Å². The van der Waals surface area contributed by atoms with Gasteiger partial charge in [-0.15, -0.1) is 5.10 Å². The number of pyridine rings is 1. The highest BCUT2D eigenvalue weighted by molar-refractivity contribution is 5.09. The van der Waals surface area contributed by atoms with Crippen LogP contribution in [0.25, 0.3) is 0 Å². The molecule has 2 rings (SSSR count). The number of hydrogen-bond acceptors (Lipinski definition) is 4. The van der Waals surface area contributed by atoms with Gasteiger partial charge in [0.1, 0.15) is 0 Å². The van der Waals surface area contributed by atoms with Crippen LogP contribution in [0.4, 0.5) is 0 Å². The van der Waals surface area contributed by atoms with Crippen LogP contribution in [-0.4, -0.2) is 31.9 Å². The second-order valence-electron chi connectivity index (χ2n) is 3.91. The first kappa shape index (κ1) is 10.8. The van der Waals surface area contributed by atoms with Gasteiger partial charge in [0.2, 0.25) is 0 Å². The Balaban J connectivity index is 1.92. The highest BCUT2D eigenvalue weighted by Gasteiger charge is 2.04. The molecule has 0 bridgehead atoms. The molecule has 0 radical (unpaired) electrons. The maximum atomic E-state index is 4.06. The molecule has 0 atom stereocenters. The molecule has 5 nitrogen and oxygen atoms in total. The van der Waals surface area contributed by atoms with Gasteiger partial charge in [0, 0.05) is 38.7 Å². The Bertz CT molecular complexity index is 437. The Morgan fingerprint density at radius 3 is 2.62 bits per heavy atom. The molecular weight excluding hydrogens is 202 g/mol. The minimum Gasteiger partial charge on any atom is -0.296 e. The van der Waals surface area contributed by atoms with Gasteiger partial charge in [0.05, 0.1) is 5.69 Å². The summed E-state index contributed by atoms with van der Waals surface area (Å²) in [5, 5.41) is 7.96. The molecule has 2 aromatic heterocycles. The second-order valence-corrected chi connectivity index (χ2v) is 3.91. The van der Waals surface area contributed by atoms with Crippen LogP contribution in [0.5, 0.6) is 0 Å². The molecular formula is C11H15N5. The van der Waals surface area contributed by atoms with Crippen LogP contribution in [0, 0.1) is 0 Å². The quantitative estimate of drug-likeness (QED) is 0.761. The van der Waals surface area contributed by atoms with Crippen molar-refractivity contribution < 1.29 is 0 Å². The van der Waals surface area contributed by atoms with Crippen LogP contribution in [0.2, 0.25) is 0 Å². The van der Waals surface area contributed by atoms with Crippen LogP contribution in [0.15, 0.2) is 30.7 Å². The zero-order valence-electron chi connectivity index (χ0n) is 9.54. The van der Waals surface area contributed by atoms with E-state index in [9.17, 15) is 0 Å². The van der Waals surface area contributed by atoms with Crippen molar-refractivity contribution in [1.29, 1.82) is 0 Å². The van der Waals surface area contributed by atoms with Gasteiger partial charge in [-0.25, -0.2) is 0 Å². The van der Waals surface area contributed by atoms with E-state index in [1.165, 1.54) is 5.56 Å². The van der Waals surface area contributed by atoms with Gasteiger partial charge in [-0.3, -0.25) is 14.6 Å². The summed E-state index contributed by atoms with van der Waals surface area (Å²) < 4.78 is 1.72. The number of nitrogens with zero attached hydrogens (tertiary/aromatic N) is 5. The zero-order chi connectivity index (χ0) is 11.4. The van der Waals surface area contributed by atoms with Crippen LogP contribution in [0.1, 0.15) is 11.3 Å². The van der Waals surface area contributed by atoms with E-state index in [0.717, 1.165) is 18.8 Å². The predicted molar refractivity (Wildman–Crippen MR) is 60.4 cm³/mol. The first-order chi connectivity index (χ1) is 7.74. The van der Waals surface area contributed by atoms with E-state index >= 15 is 0 Å². The molecule has 16 heavy (non-hydrogen) atoms. The number of aryl methyl sites for hydroxylation is 1. The van der Waals surface area contributed by atoms with Gasteiger partial charge < -0.3 is 0 Å². The maximum Gasteiger partial charge on any atom is 0.0967 e. The Hall–Kier alpha value is -1.75. The largest absolute Gasteiger partial charge is 0.296 e. The molecule has 0 saturated heterocycles. The van der Waals surface area contributed by atoms with Gasteiger partial charge in [0.25, 0.3) is 0 Å². The first-order valence-electron chi connectivity index (χ1n) is 5.16. The van der Waals surface area contributed by atoms with E-state index in [1.807, 2.05) is 37.8 Å². The van der Waals surface area contributed by atoms with Gasteiger partial charge in [-0.1, -0.05) is 5.21 Å². The molecule has 0 aliphatic heterocycles. The predicted octanol–water partition coefficient (Wildman–Crippen LogP) is 0.842. The molecule has 0 amide bonds. The van der Waals surface area contributed by atoms with E-state index in [0.29, 0.717) is 0 Å². The summed E-state index contributed by atoms with van der Waals surface area (Å²) in [7, 11) is 3.94. The fourth-order valence-electron chi connectivity index (χ4n) is 1.60. The third kappa shape index (κ3) is 2.87. The van der Waals surface area contributed by atoms with Gasteiger partial charge in [-0.05, 0) is 24.7 Å². The molecule has 2 heterocycles. The van der Waals surface area contributed by atoms with E-state index in [1.54, 1.807) is 4.68 Å². The van der Waals surface area contributed by atoms with Crippen LogP contribution >= 0.6 is 0 Å². The van der Waals surface area contributed by atoms with Gasteiger partial charge >= 0.3 is 0 Å². The summed E-state index contributed by atoms with van der Waals surface area (Å²) in [5.41, 5.74) is 2.24. The lowest BCUT2D eigenvalue weighted by molar-refractivity contribution is 0.315. The standard InChI is InChI=1S/C11H15N5/c1-15(7-10-3-5-12-6-4-10)8-11-9-16(2)14-13-11/h3-6,9H,7-8H2,1-2H3. The number of aromatic nitrogens is 4. The first-order valence-corrected chi connectivity index (χ1v) is 5.16. The lowest BCUT2D eigenvalue weighted by Gasteiger charge is -2.14. The summed E-state index contributed by atoms with van der Waals surface area (Å²) in [6.45, 7) is 1.69. The topological polar surface area (TPSA) is 46.8 Å². The summed E-state index contributed by atoms with van der Waals surface area (Å²) in [5.74, 6) is 0. The molecule has 0 aliphatic rings. The monoisotopic (exact) mass is 217 g/mol. The van der Waals surface area contributed by atoms with Crippen molar-refractivity contribution >= 4 is 0 Å². The molecule has 2 aromatic rings. The lowest BCUT2D eigenvalue weighted by atomic mass is 10.2. The number of rotatable bonds is 4. The molecule has 0 spiro atoms. The molecule has 0 aromatic carbocycles. The van der Waals surface area contributed by atoms with E-state index in [4.69, 9.17) is 0 Å². The molecule has 0 unspecified atom stereocenters. The van der Waals surface area contributed by atoms with Crippen molar-refractivity contribution in [1.82, 2.24) is 24.9 Å². The van der Waals surface area contributed by atoms with E-state index < -0.39 is 0 Å². The summed E-state index contributed by atoms with van der Waals surface area (Å²) in [4.78, 5) is 6.19. The molecule has 84 valence electrons. The molecule has 0 N–H and O–H groups in total. The smallest absolute Gasteiger partial charge is 0.0967 e. The third-order valence-corrected chi connectivity index (χ3v) is 2.28. The Labute approximate surface area is 94.7 Å².